The Balaban J connectivity index is 4.03. The lowest BCUT2D eigenvalue weighted by atomic mass is 10.0. The van der Waals surface area contributed by atoms with Gasteiger partial charge < -0.3 is 19.8 Å². The molecule has 0 fully saturated rings. The predicted octanol–water partition coefficient (Wildman–Crippen LogP) is 19.8. The number of carbonyl (C=O) groups is 1. The first-order valence-corrected chi connectivity index (χ1v) is 33.5. The smallest absolute Gasteiger partial charge is 0.391 e. The molecular formula is C63H128N2O6P+. The van der Waals surface area contributed by atoms with Crippen LogP contribution in [0.25, 0.3) is 0 Å². The van der Waals surface area contributed by atoms with E-state index >= 15 is 0 Å². The maximum atomic E-state index is 13.0. The molecule has 430 valence electrons. The van der Waals surface area contributed by atoms with Gasteiger partial charge in [0.05, 0.1) is 39.9 Å². The molecule has 9 heteroatoms. The first kappa shape index (κ1) is 71.2. The van der Waals surface area contributed by atoms with E-state index in [1.165, 1.54) is 270 Å². The van der Waals surface area contributed by atoms with Crippen molar-refractivity contribution in [1.29, 1.82) is 0 Å². The van der Waals surface area contributed by atoms with Crippen molar-refractivity contribution in [2.45, 2.75) is 347 Å². The highest BCUT2D eigenvalue weighted by molar-refractivity contribution is 7.47. The van der Waals surface area contributed by atoms with Crippen LogP contribution in [0, 0.1) is 0 Å². The van der Waals surface area contributed by atoms with Crippen LogP contribution in [0.2, 0.25) is 0 Å². The second kappa shape index (κ2) is 55.0. The summed E-state index contributed by atoms with van der Waals surface area (Å²) in [5, 5.41) is 14.1. The van der Waals surface area contributed by atoms with Gasteiger partial charge in [0.1, 0.15) is 13.2 Å². The summed E-state index contributed by atoms with van der Waals surface area (Å²) in [6.07, 6.45) is 68.6. The molecule has 0 aliphatic heterocycles. The van der Waals surface area contributed by atoms with Crippen molar-refractivity contribution in [3.8, 4) is 0 Å². The number of aliphatic hydroxyl groups excluding tert-OH is 1. The van der Waals surface area contributed by atoms with Crippen LogP contribution in [0.15, 0.2) is 12.2 Å². The number of hydrogen-bond donors (Lipinski definition) is 3. The standard InChI is InChI=1S/C63H127N2O6P/c1-6-8-10-12-14-16-18-20-22-24-26-28-29-30-31-32-33-34-35-36-37-39-41-43-45-47-49-51-53-55-57-63(67)64-61(60-71-72(68,69)70-59-58-65(3,4)5)62(66)56-54-52-50-48-46-44-42-40-38-27-25-23-21-19-17-15-13-11-9-7-2/h30-31,61-62,66H,6-29,32-60H2,1-5H3,(H-,64,67,68,69)/p+1/b31-30-. The van der Waals surface area contributed by atoms with E-state index in [4.69, 9.17) is 9.05 Å². The number of phosphoric ester groups is 1. The fraction of sp³-hybridized carbons (Fsp3) is 0.952. The van der Waals surface area contributed by atoms with Crippen molar-refractivity contribution < 1.29 is 32.9 Å². The zero-order valence-electron chi connectivity index (χ0n) is 49.2. The third kappa shape index (κ3) is 57.0. The third-order valence-electron chi connectivity index (χ3n) is 15.0. The number of amides is 1. The minimum atomic E-state index is -4.32. The molecule has 0 rings (SSSR count). The van der Waals surface area contributed by atoms with Crippen molar-refractivity contribution in [3.05, 3.63) is 12.2 Å². The highest BCUT2D eigenvalue weighted by Gasteiger charge is 2.28. The molecule has 72 heavy (non-hydrogen) atoms. The summed E-state index contributed by atoms with van der Waals surface area (Å²) in [6.45, 7) is 4.95. The molecule has 0 radical (unpaired) electrons. The van der Waals surface area contributed by atoms with Crippen molar-refractivity contribution in [3.63, 3.8) is 0 Å². The Morgan fingerprint density at radius 2 is 0.750 bits per heavy atom. The van der Waals surface area contributed by atoms with Crippen LogP contribution in [-0.2, 0) is 18.4 Å². The van der Waals surface area contributed by atoms with Gasteiger partial charge >= 0.3 is 7.82 Å². The number of unbranched alkanes of at least 4 members (excludes halogenated alkanes) is 45. The number of likely N-dealkylation sites (N-methyl/N-ethyl adjacent to an activating group) is 1. The highest BCUT2D eigenvalue weighted by Crippen LogP contribution is 2.43. The van der Waals surface area contributed by atoms with E-state index in [9.17, 15) is 19.4 Å². The number of hydrogen-bond acceptors (Lipinski definition) is 5. The van der Waals surface area contributed by atoms with Gasteiger partial charge in [0.15, 0.2) is 0 Å². The molecule has 0 spiro atoms. The van der Waals surface area contributed by atoms with Crippen LogP contribution >= 0.6 is 7.82 Å². The van der Waals surface area contributed by atoms with E-state index in [0.29, 0.717) is 23.9 Å². The quantitative estimate of drug-likeness (QED) is 0.0243. The van der Waals surface area contributed by atoms with Crippen LogP contribution in [0.1, 0.15) is 335 Å². The zero-order valence-corrected chi connectivity index (χ0v) is 50.1. The van der Waals surface area contributed by atoms with Gasteiger partial charge in [0.2, 0.25) is 5.91 Å². The Labute approximate surface area is 450 Å². The lowest BCUT2D eigenvalue weighted by Crippen LogP contribution is -2.46. The lowest BCUT2D eigenvalue weighted by molar-refractivity contribution is -0.870. The molecule has 3 unspecified atom stereocenters. The second-order valence-electron chi connectivity index (χ2n) is 23.5. The number of rotatable bonds is 60. The average molecular weight is 1040 g/mol. The second-order valence-corrected chi connectivity index (χ2v) is 25.0. The van der Waals surface area contributed by atoms with E-state index in [-0.39, 0.29) is 19.1 Å². The molecule has 3 N–H and O–H groups in total. The van der Waals surface area contributed by atoms with Gasteiger partial charge in [-0.25, -0.2) is 4.57 Å². The van der Waals surface area contributed by atoms with Gasteiger partial charge in [-0.15, -0.1) is 0 Å². The number of quaternary nitrogens is 1. The van der Waals surface area contributed by atoms with Crippen LogP contribution in [0.4, 0.5) is 0 Å². The van der Waals surface area contributed by atoms with Crippen molar-refractivity contribution in [1.82, 2.24) is 5.32 Å². The Morgan fingerprint density at radius 1 is 0.458 bits per heavy atom. The molecular weight excluding hydrogens is 912 g/mol. The number of allylic oxidation sites excluding steroid dienone is 2. The molecule has 0 heterocycles. The molecule has 0 bridgehead atoms. The maximum absolute atomic E-state index is 13.0. The van der Waals surface area contributed by atoms with E-state index in [1.807, 2.05) is 21.1 Å². The van der Waals surface area contributed by atoms with E-state index in [2.05, 4.69) is 31.3 Å². The van der Waals surface area contributed by atoms with Gasteiger partial charge in [-0.1, -0.05) is 302 Å². The summed E-state index contributed by atoms with van der Waals surface area (Å²) < 4.78 is 23.8. The Morgan fingerprint density at radius 3 is 1.07 bits per heavy atom. The molecule has 0 aliphatic carbocycles. The van der Waals surface area contributed by atoms with E-state index in [1.54, 1.807) is 0 Å². The van der Waals surface area contributed by atoms with Gasteiger partial charge in [-0.2, -0.15) is 0 Å². The van der Waals surface area contributed by atoms with Crippen molar-refractivity contribution in [2.24, 2.45) is 0 Å². The Bertz CT molecular complexity index is 1180. The molecule has 0 aliphatic rings. The fourth-order valence-corrected chi connectivity index (χ4v) is 10.7. The van der Waals surface area contributed by atoms with Crippen LogP contribution in [0.3, 0.4) is 0 Å². The van der Waals surface area contributed by atoms with Gasteiger partial charge in [0, 0.05) is 6.42 Å². The molecule has 0 aromatic carbocycles. The number of nitrogens with zero attached hydrogens (tertiary/aromatic N) is 1. The number of phosphoric acid groups is 1. The molecule has 8 nitrogen and oxygen atoms in total. The molecule has 0 saturated heterocycles. The van der Waals surface area contributed by atoms with Crippen LogP contribution in [-0.4, -0.2) is 73.4 Å². The summed E-state index contributed by atoms with van der Waals surface area (Å²) >= 11 is 0. The lowest BCUT2D eigenvalue weighted by Gasteiger charge is -2.26. The summed E-state index contributed by atoms with van der Waals surface area (Å²) in [6, 6.07) is -0.758. The normalized spacial score (nSPS) is 13.8. The summed E-state index contributed by atoms with van der Waals surface area (Å²) in [4.78, 5) is 23.4. The van der Waals surface area contributed by atoms with Crippen LogP contribution in [0.5, 0.6) is 0 Å². The molecule has 1 amide bonds. The minimum absolute atomic E-state index is 0.0778. The minimum Gasteiger partial charge on any atom is -0.391 e. The van der Waals surface area contributed by atoms with E-state index in [0.717, 1.165) is 38.5 Å². The topological polar surface area (TPSA) is 105 Å². The van der Waals surface area contributed by atoms with Crippen molar-refractivity contribution in [2.75, 3.05) is 40.9 Å². The monoisotopic (exact) mass is 1040 g/mol. The largest absolute Gasteiger partial charge is 0.472 e. The molecule has 0 saturated carbocycles. The molecule has 0 aromatic rings. The third-order valence-corrected chi connectivity index (χ3v) is 16.0. The molecule has 3 atom stereocenters. The summed E-state index contributed by atoms with van der Waals surface area (Å²) in [5.41, 5.74) is 0. The van der Waals surface area contributed by atoms with E-state index < -0.39 is 20.0 Å². The first-order chi connectivity index (χ1) is 35.0. The average Bonchev–Trinajstić information content (AvgIpc) is 3.34. The van der Waals surface area contributed by atoms with Gasteiger partial charge in [-0.05, 0) is 38.5 Å². The van der Waals surface area contributed by atoms with Gasteiger partial charge in [0.25, 0.3) is 0 Å². The SMILES string of the molecule is CCCCCCCCCCCCCC/C=C\CCCCCCCCCCCCCCCCC(=O)NC(COP(=O)(O)OCC[N+](C)(C)C)C(O)CCCCCCCCCCCCCCCCCCCCCC. The maximum Gasteiger partial charge on any atom is 0.472 e. The first-order valence-electron chi connectivity index (χ1n) is 32.1. The number of carbonyl (C=O) groups excluding carboxylic acids is 1. The molecule has 0 aromatic heterocycles. The highest BCUT2D eigenvalue weighted by atomic mass is 31.2. The summed E-state index contributed by atoms with van der Waals surface area (Å²) in [5.74, 6) is -0.137. The predicted molar refractivity (Wildman–Crippen MR) is 314 cm³/mol. The number of aliphatic hydroxyl groups is 1. The Hall–Kier alpha value is -0.760. The Kier molecular flexibility index (Phi) is 54.4. The number of nitrogens with one attached hydrogen (secondary N) is 1. The summed E-state index contributed by atoms with van der Waals surface area (Å²) in [7, 11) is 1.63. The van der Waals surface area contributed by atoms with Crippen LogP contribution < -0.4 is 5.32 Å². The zero-order chi connectivity index (χ0) is 52.7. The van der Waals surface area contributed by atoms with Crippen molar-refractivity contribution >= 4 is 13.7 Å². The fourth-order valence-electron chi connectivity index (χ4n) is 9.99. The van der Waals surface area contributed by atoms with Gasteiger partial charge in [-0.3, -0.25) is 13.8 Å².